The lowest BCUT2D eigenvalue weighted by Crippen LogP contribution is -2.28. The van der Waals surface area contributed by atoms with Crippen LogP contribution in [0.5, 0.6) is 0 Å². The van der Waals surface area contributed by atoms with Gasteiger partial charge in [-0.15, -0.1) is 0 Å². The maximum atomic E-state index is 5.36. The zero-order valence-corrected chi connectivity index (χ0v) is 9.30. The van der Waals surface area contributed by atoms with Crippen LogP contribution in [0.3, 0.4) is 0 Å². The van der Waals surface area contributed by atoms with E-state index >= 15 is 0 Å². The Kier molecular flexibility index (Phi) is 3.82. The zero-order valence-electron chi connectivity index (χ0n) is 9.30. The van der Waals surface area contributed by atoms with Crippen molar-refractivity contribution in [2.75, 3.05) is 19.8 Å². The van der Waals surface area contributed by atoms with Gasteiger partial charge in [0.2, 0.25) is 0 Å². The van der Waals surface area contributed by atoms with Crippen LogP contribution in [-0.4, -0.2) is 25.8 Å². The first-order valence-corrected chi connectivity index (χ1v) is 6.15. The van der Waals surface area contributed by atoms with E-state index in [0.717, 1.165) is 31.1 Å². The molecule has 0 bridgehead atoms. The van der Waals surface area contributed by atoms with E-state index in [1.165, 1.54) is 38.6 Å². The van der Waals surface area contributed by atoms with Crippen LogP contribution in [0, 0.1) is 11.8 Å². The molecular formula is C12H23NO. The normalized spacial score (nSPS) is 29.4. The lowest BCUT2D eigenvalue weighted by atomic mass is 10.0. The van der Waals surface area contributed by atoms with Crippen LogP contribution in [0.4, 0.5) is 0 Å². The Labute approximate surface area is 87.4 Å². The number of hydrogen-bond donors (Lipinski definition) is 1. The topological polar surface area (TPSA) is 21.3 Å². The predicted molar refractivity (Wildman–Crippen MR) is 58.3 cm³/mol. The summed E-state index contributed by atoms with van der Waals surface area (Å²) < 4.78 is 5.36. The van der Waals surface area contributed by atoms with Gasteiger partial charge in [-0.3, -0.25) is 0 Å². The third-order valence-electron chi connectivity index (χ3n) is 3.45. The molecule has 0 aromatic carbocycles. The number of rotatable bonds is 6. The molecule has 2 rings (SSSR count). The number of nitrogens with one attached hydrogen (secondary N) is 1. The molecule has 0 aromatic rings. The summed E-state index contributed by atoms with van der Waals surface area (Å²) in [4.78, 5) is 0. The van der Waals surface area contributed by atoms with E-state index < -0.39 is 0 Å². The summed E-state index contributed by atoms with van der Waals surface area (Å²) in [6, 6.07) is 0.727. The van der Waals surface area contributed by atoms with Crippen LogP contribution in [0.15, 0.2) is 0 Å². The average Bonchev–Trinajstić information content (AvgIpc) is 2.82. The van der Waals surface area contributed by atoms with Crippen molar-refractivity contribution in [3.63, 3.8) is 0 Å². The summed E-state index contributed by atoms with van der Waals surface area (Å²) in [5.41, 5.74) is 0. The van der Waals surface area contributed by atoms with Crippen molar-refractivity contribution in [1.82, 2.24) is 5.32 Å². The minimum Gasteiger partial charge on any atom is -0.381 e. The number of hydrogen-bond acceptors (Lipinski definition) is 2. The minimum absolute atomic E-state index is 0.727. The summed E-state index contributed by atoms with van der Waals surface area (Å²) in [7, 11) is 0. The van der Waals surface area contributed by atoms with Crippen molar-refractivity contribution in [2.45, 2.75) is 45.1 Å². The molecule has 82 valence electrons. The molecule has 0 spiro atoms. The molecule has 14 heavy (non-hydrogen) atoms. The minimum atomic E-state index is 0.727. The zero-order chi connectivity index (χ0) is 9.80. The van der Waals surface area contributed by atoms with Gasteiger partial charge in [-0.1, -0.05) is 12.8 Å². The molecule has 2 heteroatoms. The SMILES string of the molecule is CC(CC1CC1)NCCC1CCOC1. The lowest BCUT2D eigenvalue weighted by Gasteiger charge is -2.14. The predicted octanol–water partition coefficient (Wildman–Crippen LogP) is 2.19. The standard InChI is InChI=1S/C12H23NO/c1-10(8-11-2-3-11)13-6-4-12-5-7-14-9-12/h10-13H,2-9H2,1H3. The van der Waals surface area contributed by atoms with Crippen molar-refractivity contribution in [3.8, 4) is 0 Å². The molecule has 1 heterocycles. The molecule has 1 aliphatic carbocycles. The molecule has 2 aliphatic rings. The van der Waals surface area contributed by atoms with E-state index in [0.29, 0.717) is 0 Å². The first-order chi connectivity index (χ1) is 6.84. The van der Waals surface area contributed by atoms with Gasteiger partial charge in [-0.05, 0) is 44.6 Å². The lowest BCUT2D eigenvalue weighted by molar-refractivity contribution is 0.184. The van der Waals surface area contributed by atoms with Gasteiger partial charge in [-0.2, -0.15) is 0 Å². The molecule has 1 aliphatic heterocycles. The monoisotopic (exact) mass is 197 g/mol. The van der Waals surface area contributed by atoms with Crippen LogP contribution in [0.2, 0.25) is 0 Å². The Morgan fingerprint density at radius 2 is 2.14 bits per heavy atom. The molecule has 0 amide bonds. The Bertz CT molecular complexity index is 162. The molecule has 2 atom stereocenters. The van der Waals surface area contributed by atoms with E-state index in [-0.39, 0.29) is 0 Å². The van der Waals surface area contributed by atoms with Crippen LogP contribution in [-0.2, 0) is 4.74 Å². The molecule has 2 unspecified atom stereocenters. The summed E-state index contributed by atoms with van der Waals surface area (Å²) in [5.74, 6) is 1.88. The van der Waals surface area contributed by atoms with Crippen LogP contribution >= 0.6 is 0 Å². The van der Waals surface area contributed by atoms with Crippen LogP contribution in [0.1, 0.15) is 39.0 Å². The maximum Gasteiger partial charge on any atom is 0.0495 e. The quantitative estimate of drug-likeness (QED) is 0.705. The Morgan fingerprint density at radius 1 is 1.29 bits per heavy atom. The molecule has 2 fully saturated rings. The first kappa shape index (κ1) is 10.4. The molecular weight excluding hydrogens is 174 g/mol. The summed E-state index contributed by atoms with van der Waals surface area (Å²) >= 11 is 0. The van der Waals surface area contributed by atoms with E-state index in [4.69, 9.17) is 4.74 Å². The van der Waals surface area contributed by atoms with Crippen molar-refractivity contribution in [1.29, 1.82) is 0 Å². The molecule has 1 saturated carbocycles. The highest BCUT2D eigenvalue weighted by molar-refractivity contribution is 4.78. The van der Waals surface area contributed by atoms with E-state index in [1.54, 1.807) is 0 Å². The first-order valence-electron chi connectivity index (χ1n) is 6.15. The summed E-state index contributed by atoms with van der Waals surface area (Å²) in [6.07, 6.45) is 6.92. The average molecular weight is 197 g/mol. The van der Waals surface area contributed by atoms with Gasteiger partial charge in [0.15, 0.2) is 0 Å². The maximum absolute atomic E-state index is 5.36. The molecule has 0 aromatic heterocycles. The smallest absolute Gasteiger partial charge is 0.0495 e. The third kappa shape index (κ3) is 3.58. The highest BCUT2D eigenvalue weighted by atomic mass is 16.5. The van der Waals surface area contributed by atoms with Gasteiger partial charge in [0.25, 0.3) is 0 Å². The highest BCUT2D eigenvalue weighted by Gasteiger charge is 2.23. The largest absolute Gasteiger partial charge is 0.381 e. The van der Waals surface area contributed by atoms with Crippen LogP contribution in [0.25, 0.3) is 0 Å². The fourth-order valence-corrected chi connectivity index (χ4v) is 2.28. The third-order valence-corrected chi connectivity index (χ3v) is 3.45. The van der Waals surface area contributed by atoms with Crippen molar-refractivity contribution >= 4 is 0 Å². The van der Waals surface area contributed by atoms with Gasteiger partial charge in [0, 0.05) is 19.3 Å². The van der Waals surface area contributed by atoms with Crippen LogP contribution < -0.4 is 5.32 Å². The highest BCUT2D eigenvalue weighted by Crippen LogP contribution is 2.33. The summed E-state index contributed by atoms with van der Waals surface area (Å²) in [6.45, 7) is 5.49. The Hall–Kier alpha value is -0.0800. The van der Waals surface area contributed by atoms with Crippen molar-refractivity contribution in [2.24, 2.45) is 11.8 Å². The molecule has 0 radical (unpaired) electrons. The fourth-order valence-electron chi connectivity index (χ4n) is 2.28. The van der Waals surface area contributed by atoms with Crippen molar-refractivity contribution < 1.29 is 4.74 Å². The van der Waals surface area contributed by atoms with Gasteiger partial charge in [0.05, 0.1) is 0 Å². The van der Waals surface area contributed by atoms with Gasteiger partial charge >= 0.3 is 0 Å². The Balaban J connectivity index is 1.48. The van der Waals surface area contributed by atoms with Gasteiger partial charge in [-0.25, -0.2) is 0 Å². The molecule has 2 nitrogen and oxygen atoms in total. The van der Waals surface area contributed by atoms with E-state index in [2.05, 4.69) is 12.2 Å². The second kappa shape index (κ2) is 5.13. The van der Waals surface area contributed by atoms with E-state index in [9.17, 15) is 0 Å². The summed E-state index contributed by atoms with van der Waals surface area (Å²) in [5, 5.41) is 3.63. The van der Waals surface area contributed by atoms with E-state index in [1.807, 2.05) is 0 Å². The number of ether oxygens (including phenoxy) is 1. The second-order valence-corrected chi connectivity index (χ2v) is 5.05. The Morgan fingerprint density at radius 3 is 2.79 bits per heavy atom. The van der Waals surface area contributed by atoms with Gasteiger partial charge in [0.1, 0.15) is 0 Å². The van der Waals surface area contributed by atoms with Crippen molar-refractivity contribution in [3.05, 3.63) is 0 Å². The molecule has 1 saturated heterocycles. The molecule has 1 N–H and O–H groups in total. The van der Waals surface area contributed by atoms with Gasteiger partial charge < -0.3 is 10.1 Å². The fraction of sp³-hybridized carbons (Fsp3) is 1.00. The second-order valence-electron chi connectivity index (χ2n) is 5.05.